The van der Waals surface area contributed by atoms with E-state index in [9.17, 15) is 0 Å². The predicted molar refractivity (Wildman–Crippen MR) is 58.8 cm³/mol. The molecule has 13 heavy (non-hydrogen) atoms. The summed E-state index contributed by atoms with van der Waals surface area (Å²) in [5, 5.41) is 0. The van der Waals surface area contributed by atoms with Crippen LogP contribution in [0.25, 0.3) is 0 Å². The average molecular weight is 217 g/mol. The number of hydrogen-bond acceptors (Lipinski definition) is 7. The maximum absolute atomic E-state index is 5.48. The van der Waals surface area contributed by atoms with Crippen LogP contribution in [0.5, 0.6) is 0 Å². The van der Waals surface area contributed by atoms with Gasteiger partial charge in [0.25, 0.3) is 5.95 Å². The molecule has 7 heteroatoms. The van der Waals surface area contributed by atoms with Crippen LogP contribution in [0.3, 0.4) is 0 Å². The van der Waals surface area contributed by atoms with Crippen LogP contribution >= 0.6 is 25.6 Å². The molecule has 5 nitrogen and oxygen atoms in total. The lowest BCUT2D eigenvalue weighted by Gasteiger charge is -2.10. The molecule has 0 aliphatic heterocycles. The first-order valence-corrected chi connectivity index (χ1v) is 4.50. The number of nitrogen functional groups attached to an aromatic ring is 1. The number of hydrogen-bond donors (Lipinski definition) is 3. The third-order valence-electron chi connectivity index (χ3n) is 1.35. The summed E-state index contributed by atoms with van der Waals surface area (Å²) in [6.07, 6.45) is 0. The van der Waals surface area contributed by atoms with Crippen molar-refractivity contribution in [2.24, 2.45) is 0 Å². The molecule has 0 unspecified atom stereocenters. The number of nitrogens with zero attached hydrogens (tertiary/aromatic N) is 4. The summed E-state index contributed by atoms with van der Waals surface area (Å²) in [6, 6.07) is 0. The smallest absolute Gasteiger partial charge is 0.250 e. The fourth-order valence-electron chi connectivity index (χ4n) is 0.745. The highest BCUT2D eigenvalue weighted by Crippen LogP contribution is 2.16. The van der Waals surface area contributed by atoms with Crippen LogP contribution in [0.15, 0.2) is 0 Å². The second-order valence-electron chi connectivity index (χ2n) is 2.80. The van der Waals surface area contributed by atoms with E-state index < -0.39 is 0 Å². The first-order valence-electron chi connectivity index (χ1n) is 3.70. The Morgan fingerprint density at radius 1 is 1.23 bits per heavy atom. The van der Waals surface area contributed by atoms with Crippen molar-refractivity contribution in [3.8, 4) is 0 Å². The fourth-order valence-corrected chi connectivity index (χ4v) is 0.924. The maximum Gasteiger partial charge on any atom is 0.250 e. The molecule has 0 aliphatic rings. The monoisotopic (exact) mass is 217 g/mol. The van der Waals surface area contributed by atoms with Crippen molar-refractivity contribution in [3.63, 3.8) is 0 Å². The van der Waals surface area contributed by atoms with E-state index in [2.05, 4.69) is 40.6 Å². The molecule has 0 amide bonds. The molecule has 1 aromatic heterocycles. The molecule has 0 saturated heterocycles. The number of rotatable bonds is 2. The second-order valence-corrected chi connectivity index (χ2v) is 3.91. The highest BCUT2D eigenvalue weighted by atomic mass is 32.2. The Hall–Kier alpha value is -0.690. The van der Waals surface area contributed by atoms with Gasteiger partial charge in [-0.2, -0.15) is 15.0 Å². The second kappa shape index (κ2) is 4.01. The molecule has 0 atom stereocenters. The van der Waals surface area contributed by atoms with Gasteiger partial charge in [0.05, 0.1) is 0 Å². The van der Waals surface area contributed by atoms with Crippen LogP contribution in [0.2, 0.25) is 0 Å². The van der Waals surface area contributed by atoms with Gasteiger partial charge in [0.1, 0.15) is 5.82 Å². The molecule has 2 N–H and O–H groups in total. The lowest BCUT2D eigenvalue weighted by atomic mass is 10.2. The molecule has 0 bridgehead atoms. The van der Waals surface area contributed by atoms with Crippen LogP contribution in [0.4, 0.5) is 11.9 Å². The number of nitrogens with two attached hydrogens (primary N) is 1. The maximum atomic E-state index is 5.48. The third-order valence-corrected chi connectivity index (χ3v) is 1.71. The van der Waals surface area contributed by atoms with Gasteiger partial charge in [-0.05, 0) is 0 Å². The molecule has 0 fully saturated rings. The minimum atomic E-state index is 0.182. The molecule has 0 aliphatic carbocycles. The molecule has 1 rings (SSSR count). The first-order chi connectivity index (χ1) is 6.00. The van der Waals surface area contributed by atoms with Crippen molar-refractivity contribution in [1.82, 2.24) is 15.0 Å². The lowest BCUT2D eigenvalue weighted by Crippen LogP contribution is -2.09. The van der Waals surface area contributed by atoms with Crippen LogP contribution in [0, 0.1) is 0 Å². The van der Waals surface area contributed by atoms with Crippen LogP contribution in [-0.2, 0) is 0 Å². The van der Waals surface area contributed by atoms with Gasteiger partial charge in [0.2, 0.25) is 5.95 Å². The summed E-state index contributed by atoms with van der Waals surface area (Å²) < 4.78 is 1.20. The molecule has 72 valence electrons. The van der Waals surface area contributed by atoms with Crippen molar-refractivity contribution < 1.29 is 0 Å². The van der Waals surface area contributed by atoms with Gasteiger partial charge >= 0.3 is 0 Å². The summed E-state index contributed by atoms with van der Waals surface area (Å²) in [5.41, 5.74) is 5.48. The van der Waals surface area contributed by atoms with Gasteiger partial charge in [-0.25, -0.2) is 3.71 Å². The Labute approximate surface area is 87.9 Å². The standard InChI is InChI=1S/C6H11N5S2/c1-3(2)4-8-5(7)10-6(9-4)11(12)13/h3,12-13H,1-2H3,(H2,7,8,9,10). The van der Waals surface area contributed by atoms with Gasteiger partial charge in [-0.15, -0.1) is 0 Å². The highest BCUT2D eigenvalue weighted by molar-refractivity contribution is 8.00. The average Bonchev–Trinajstić information content (AvgIpc) is 2.03. The molecular weight excluding hydrogens is 206 g/mol. The number of anilines is 2. The largest absolute Gasteiger partial charge is 0.368 e. The van der Waals surface area contributed by atoms with E-state index in [0.29, 0.717) is 11.8 Å². The quantitative estimate of drug-likeness (QED) is 0.647. The molecule has 0 aromatic carbocycles. The van der Waals surface area contributed by atoms with Gasteiger partial charge in [0, 0.05) is 5.92 Å². The molecular formula is C6H11N5S2. The van der Waals surface area contributed by atoms with Gasteiger partial charge in [0.15, 0.2) is 0 Å². The Balaban J connectivity index is 3.11. The molecule has 0 spiro atoms. The van der Waals surface area contributed by atoms with Crippen molar-refractivity contribution >= 4 is 37.5 Å². The van der Waals surface area contributed by atoms with Crippen LogP contribution in [0.1, 0.15) is 25.6 Å². The van der Waals surface area contributed by atoms with Gasteiger partial charge in [-0.1, -0.05) is 39.5 Å². The molecule has 0 saturated carbocycles. The number of thiol groups is 2. The lowest BCUT2D eigenvalue weighted by molar-refractivity contribution is 0.767. The summed E-state index contributed by atoms with van der Waals surface area (Å²) in [4.78, 5) is 11.9. The van der Waals surface area contributed by atoms with Crippen molar-refractivity contribution in [2.75, 3.05) is 9.44 Å². The van der Waals surface area contributed by atoms with E-state index in [0.717, 1.165) is 0 Å². The zero-order chi connectivity index (χ0) is 10.0. The Bertz CT molecular complexity index is 275. The summed E-state index contributed by atoms with van der Waals surface area (Å²) in [7, 11) is 0. The van der Waals surface area contributed by atoms with Crippen molar-refractivity contribution in [2.45, 2.75) is 19.8 Å². The highest BCUT2D eigenvalue weighted by Gasteiger charge is 2.09. The Morgan fingerprint density at radius 2 is 1.85 bits per heavy atom. The Kier molecular flexibility index (Phi) is 3.21. The molecule has 1 aromatic rings. The van der Waals surface area contributed by atoms with E-state index >= 15 is 0 Å². The third kappa shape index (κ3) is 2.63. The number of aromatic nitrogens is 3. The first kappa shape index (κ1) is 10.4. The van der Waals surface area contributed by atoms with E-state index in [1.807, 2.05) is 13.8 Å². The van der Waals surface area contributed by atoms with Gasteiger partial charge in [-0.3, -0.25) is 0 Å². The van der Waals surface area contributed by atoms with Crippen LogP contribution in [-0.4, -0.2) is 15.0 Å². The normalized spacial score (nSPS) is 10.5. The Morgan fingerprint density at radius 3 is 2.31 bits per heavy atom. The van der Waals surface area contributed by atoms with E-state index in [-0.39, 0.29) is 11.9 Å². The van der Waals surface area contributed by atoms with Crippen molar-refractivity contribution in [3.05, 3.63) is 5.82 Å². The van der Waals surface area contributed by atoms with E-state index in [1.165, 1.54) is 3.71 Å². The van der Waals surface area contributed by atoms with E-state index in [1.54, 1.807) is 0 Å². The zero-order valence-corrected chi connectivity index (χ0v) is 9.13. The SMILES string of the molecule is CC(C)c1nc(N)nc(N(S)S)n1. The minimum Gasteiger partial charge on any atom is -0.368 e. The minimum absolute atomic E-state index is 0.182. The fraction of sp³-hybridized carbons (Fsp3) is 0.500. The topological polar surface area (TPSA) is 67.9 Å². The van der Waals surface area contributed by atoms with Gasteiger partial charge < -0.3 is 5.73 Å². The molecule has 0 radical (unpaired) electrons. The summed E-state index contributed by atoms with van der Waals surface area (Å²) in [6.45, 7) is 3.94. The summed E-state index contributed by atoms with van der Waals surface area (Å²) in [5.74, 6) is 1.35. The van der Waals surface area contributed by atoms with E-state index in [4.69, 9.17) is 5.73 Å². The van der Waals surface area contributed by atoms with Crippen molar-refractivity contribution in [1.29, 1.82) is 0 Å². The zero-order valence-electron chi connectivity index (χ0n) is 7.34. The van der Waals surface area contributed by atoms with Crippen LogP contribution < -0.4 is 9.44 Å². The summed E-state index contributed by atoms with van der Waals surface area (Å²) >= 11 is 7.88. The predicted octanol–water partition coefficient (Wildman–Crippen LogP) is 1.07. The molecule has 1 heterocycles.